The Hall–Kier alpha value is -2.98. The van der Waals surface area contributed by atoms with Gasteiger partial charge in [-0.3, -0.25) is 4.79 Å². The molecule has 8 heteroatoms. The molecular formula is C26H21BrCl2N2O3. The third-order valence-corrected chi connectivity index (χ3v) is 6.38. The number of nitriles is 1. The van der Waals surface area contributed by atoms with E-state index in [1.807, 2.05) is 44.2 Å². The molecule has 1 amide bonds. The molecular weight excluding hydrogens is 539 g/mol. The summed E-state index contributed by atoms with van der Waals surface area (Å²) >= 11 is 15.5. The molecule has 0 unspecified atom stereocenters. The van der Waals surface area contributed by atoms with Crippen molar-refractivity contribution in [2.75, 3.05) is 12.4 Å². The number of rotatable bonds is 7. The van der Waals surface area contributed by atoms with Crippen molar-refractivity contribution in [2.24, 2.45) is 0 Å². The summed E-state index contributed by atoms with van der Waals surface area (Å²) in [6, 6.07) is 16.3. The van der Waals surface area contributed by atoms with E-state index in [4.69, 9.17) is 32.7 Å². The molecule has 0 bridgehead atoms. The lowest BCUT2D eigenvalue weighted by atomic mass is 10.1. The molecule has 0 aliphatic rings. The van der Waals surface area contributed by atoms with Gasteiger partial charge >= 0.3 is 0 Å². The summed E-state index contributed by atoms with van der Waals surface area (Å²) in [5.41, 5.74) is 4.03. The van der Waals surface area contributed by atoms with Crippen LogP contribution in [-0.2, 0) is 11.4 Å². The number of anilines is 1. The lowest BCUT2D eigenvalue weighted by Crippen LogP contribution is -2.14. The van der Waals surface area contributed by atoms with Crippen molar-refractivity contribution in [2.45, 2.75) is 20.5 Å². The van der Waals surface area contributed by atoms with E-state index in [1.165, 1.54) is 13.2 Å². The number of hydrogen-bond donors (Lipinski definition) is 1. The van der Waals surface area contributed by atoms with Crippen LogP contribution in [0.2, 0.25) is 10.0 Å². The first-order valence-corrected chi connectivity index (χ1v) is 11.7. The van der Waals surface area contributed by atoms with Crippen LogP contribution in [0.5, 0.6) is 11.5 Å². The second-order valence-corrected chi connectivity index (χ2v) is 9.17. The Balaban J connectivity index is 1.83. The van der Waals surface area contributed by atoms with Gasteiger partial charge in [0.1, 0.15) is 18.2 Å². The zero-order valence-electron chi connectivity index (χ0n) is 18.7. The van der Waals surface area contributed by atoms with Gasteiger partial charge in [0.15, 0.2) is 11.5 Å². The molecule has 0 aromatic heterocycles. The van der Waals surface area contributed by atoms with E-state index < -0.39 is 5.91 Å². The predicted molar refractivity (Wildman–Crippen MR) is 140 cm³/mol. The lowest BCUT2D eigenvalue weighted by Gasteiger charge is -2.13. The number of halogens is 3. The molecule has 0 aliphatic heterocycles. The topological polar surface area (TPSA) is 71.3 Å². The number of carbonyl (C=O) groups excluding carboxylic acids is 1. The zero-order valence-corrected chi connectivity index (χ0v) is 21.8. The van der Waals surface area contributed by atoms with Crippen molar-refractivity contribution >= 4 is 56.8 Å². The summed E-state index contributed by atoms with van der Waals surface area (Å²) in [6.07, 6.45) is 1.49. The van der Waals surface area contributed by atoms with Crippen LogP contribution in [0.3, 0.4) is 0 Å². The van der Waals surface area contributed by atoms with Crippen molar-refractivity contribution in [3.05, 3.63) is 90.9 Å². The van der Waals surface area contributed by atoms with Crippen molar-refractivity contribution in [1.82, 2.24) is 0 Å². The molecule has 0 atom stereocenters. The van der Waals surface area contributed by atoms with Crippen molar-refractivity contribution in [3.8, 4) is 17.6 Å². The van der Waals surface area contributed by atoms with Crippen LogP contribution < -0.4 is 14.8 Å². The lowest BCUT2D eigenvalue weighted by molar-refractivity contribution is -0.112. The quantitative estimate of drug-likeness (QED) is 0.240. The number of nitrogens with one attached hydrogen (secondary N) is 1. The molecule has 0 aliphatic carbocycles. The van der Waals surface area contributed by atoms with E-state index in [0.717, 1.165) is 16.7 Å². The van der Waals surface area contributed by atoms with Crippen molar-refractivity contribution < 1.29 is 14.3 Å². The second-order valence-electron chi connectivity index (χ2n) is 7.50. The SMILES string of the molecule is COc1cc(/C=C(\C#N)C(=O)Nc2ccc(C)cc2C)c(Br)cc1OCc1ccc(Cl)c(Cl)c1. The Bertz CT molecular complexity index is 1320. The number of methoxy groups -OCH3 is 1. The van der Waals surface area contributed by atoms with Gasteiger partial charge in [-0.05, 0) is 66.9 Å². The third-order valence-electron chi connectivity index (χ3n) is 4.96. The molecule has 0 saturated carbocycles. The highest BCUT2D eigenvalue weighted by Gasteiger charge is 2.15. The van der Waals surface area contributed by atoms with Crippen LogP contribution in [-0.4, -0.2) is 13.0 Å². The number of carbonyl (C=O) groups is 1. The fraction of sp³-hybridized carbons (Fsp3) is 0.154. The van der Waals surface area contributed by atoms with E-state index in [9.17, 15) is 10.1 Å². The number of benzene rings is 3. The molecule has 5 nitrogen and oxygen atoms in total. The molecule has 0 spiro atoms. The number of hydrogen-bond acceptors (Lipinski definition) is 4. The average Bonchev–Trinajstić information content (AvgIpc) is 2.80. The molecule has 3 aromatic rings. The standard InChI is InChI=1S/C26H21BrCl2N2O3/c1-15-4-7-23(16(2)8-15)31-26(32)19(13-30)10-18-11-24(33-3)25(12-20(18)27)34-14-17-5-6-21(28)22(29)9-17/h4-12H,14H2,1-3H3,(H,31,32)/b19-10+. The van der Waals surface area contributed by atoms with E-state index in [1.54, 1.807) is 24.3 Å². The molecule has 34 heavy (non-hydrogen) atoms. The van der Waals surface area contributed by atoms with Crippen molar-refractivity contribution in [1.29, 1.82) is 5.26 Å². The van der Waals surface area contributed by atoms with Gasteiger partial charge in [-0.25, -0.2) is 0 Å². The monoisotopic (exact) mass is 558 g/mol. The summed E-state index contributed by atoms with van der Waals surface area (Å²) < 4.78 is 12.0. The Labute approximate surface area is 217 Å². The van der Waals surface area contributed by atoms with Gasteiger partial charge in [0.2, 0.25) is 0 Å². The molecule has 0 fully saturated rings. The normalized spacial score (nSPS) is 11.0. The molecule has 174 valence electrons. The summed E-state index contributed by atoms with van der Waals surface area (Å²) in [4.78, 5) is 12.7. The summed E-state index contributed by atoms with van der Waals surface area (Å²) in [5, 5.41) is 13.3. The molecule has 0 heterocycles. The number of amides is 1. The minimum absolute atomic E-state index is 0.0489. The van der Waals surface area contributed by atoms with Gasteiger partial charge < -0.3 is 14.8 Å². The van der Waals surface area contributed by atoms with Gasteiger partial charge in [0.05, 0.1) is 17.2 Å². The fourth-order valence-corrected chi connectivity index (χ4v) is 3.93. The first-order valence-electron chi connectivity index (χ1n) is 10.2. The number of ether oxygens (including phenoxy) is 2. The fourth-order valence-electron chi connectivity index (χ4n) is 3.17. The maximum Gasteiger partial charge on any atom is 0.266 e. The van der Waals surface area contributed by atoms with Gasteiger partial charge in [0, 0.05) is 10.2 Å². The molecule has 3 aromatic carbocycles. The Morgan fingerprint density at radius 2 is 1.85 bits per heavy atom. The smallest absolute Gasteiger partial charge is 0.266 e. The van der Waals surface area contributed by atoms with Gasteiger partial charge in [-0.1, -0.05) is 62.9 Å². The summed E-state index contributed by atoms with van der Waals surface area (Å²) in [6.45, 7) is 4.12. The highest BCUT2D eigenvalue weighted by Crippen LogP contribution is 2.35. The van der Waals surface area contributed by atoms with Crippen LogP contribution in [0.15, 0.2) is 58.6 Å². The average molecular weight is 560 g/mol. The van der Waals surface area contributed by atoms with Crippen LogP contribution in [0, 0.1) is 25.2 Å². The summed E-state index contributed by atoms with van der Waals surface area (Å²) in [5.74, 6) is 0.428. The Morgan fingerprint density at radius 3 is 2.50 bits per heavy atom. The summed E-state index contributed by atoms with van der Waals surface area (Å²) in [7, 11) is 1.51. The first-order chi connectivity index (χ1) is 16.2. The maximum atomic E-state index is 12.7. The second kappa shape index (κ2) is 11.4. The van der Waals surface area contributed by atoms with E-state index in [2.05, 4.69) is 21.2 Å². The highest BCUT2D eigenvalue weighted by atomic mass is 79.9. The van der Waals surface area contributed by atoms with E-state index in [-0.39, 0.29) is 12.2 Å². The van der Waals surface area contributed by atoms with Crippen LogP contribution in [0.25, 0.3) is 6.08 Å². The van der Waals surface area contributed by atoms with E-state index >= 15 is 0 Å². The molecule has 1 N–H and O–H groups in total. The largest absolute Gasteiger partial charge is 0.493 e. The predicted octanol–water partition coefficient (Wildman–Crippen LogP) is 7.51. The highest BCUT2D eigenvalue weighted by molar-refractivity contribution is 9.10. The molecule has 0 radical (unpaired) electrons. The van der Waals surface area contributed by atoms with Gasteiger partial charge in [0.25, 0.3) is 5.91 Å². The first kappa shape index (κ1) is 25.6. The molecule has 3 rings (SSSR count). The van der Waals surface area contributed by atoms with Crippen LogP contribution in [0.1, 0.15) is 22.3 Å². The maximum absolute atomic E-state index is 12.7. The number of nitrogens with zero attached hydrogens (tertiary/aromatic N) is 1. The third kappa shape index (κ3) is 6.32. The van der Waals surface area contributed by atoms with Crippen LogP contribution in [0.4, 0.5) is 5.69 Å². The zero-order chi connectivity index (χ0) is 24.8. The van der Waals surface area contributed by atoms with E-state index in [0.29, 0.717) is 37.3 Å². The number of aryl methyl sites for hydroxylation is 2. The van der Waals surface area contributed by atoms with Gasteiger partial charge in [-0.2, -0.15) is 5.26 Å². The Morgan fingerprint density at radius 1 is 1.09 bits per heavy atom. The minimum Gasteiger partial charge on any atom is -0.493 e. The Kier molecular flexibility index (Phi) is 8.62. The van der Waals surface area contributed by atoms with Crippen LogP contribution >= 0.6 is 39.1 Å². The molecule has 0 saturated heterocycles. The minimum atomic E-state index is -0.500. The van der Waals surface area contributed by atoms with Gasteiger partial charge in [-0.15, -0.1) is 0 Å². The van der Waals surface area contributed by atoms with Crippen molar-refractivity contribution in [3.63, 3.8) is 0 Å².